The molecule has 1 aromatic carbocycles. The molecule has 3 heteroatoms. The van der Waals surface area contributed by atoms with Crippen LogP contribution in [0.4, 0.5) is 5.69 Å². The summed E-state index contributed by atoms with van der Waals surface area (Å²) in [6, 6.07) is 7.79. The molecule has 0 saturated heterocycles. The maximum Gasteiger partial charge on any atom is 0.265 e. The molecule has 0 aromatic heterocycles. The normalized spacial score (nSPS) is 15.4. The largest absolute Gasteiger partial charge is 0.482 e. The predicted molar refractivity (Wildman–Crippen MR) is 54.6 cm³/mol. The zero-order valence-electron chi connectivity index (χ0n) is 8.36. The molecule has 2 rings (SSSR count). The van der Waals surface area contributed by atoms with Crippen LogP contribution in [0.3, 0.4) is 0 Å². The molecular formula is C11H13NO2. The summed E-state index contributed by atoms with van der Waals surface area (Å²) in [7, 11) is 0. The van der Waals surface area contributed by atoms with Gasteiger partial charge < -0.3 is 9.64 Å². The van der Waals surface area contributed by atoms with Crippen molar-refractivity contribution < 1.29 is 9.53 Å². The van der Waals surface area contributed by atoms with Crippen LogP contribution in [-0.4, -0.2) is 18.6 Å². The Bertz CT molecular complexity index is 360. The number of hydrogen-bond donors (Lipinski definition) is 0. The van der Waals surface area contributed by atoms with Gasteiger partial charge in [0.1, 0.15) is 5.75 Å². The van der Waals surface area contributed by atoms with Crippen LogP contribution < -0.4 is 9.64 Å². The third-order valence-electron chi connectivity index (χ3n) is 2.26. The van der Waals surface area contributed by atoms with E-state index >= 15 is 0 Å². The van der Waals surface area contributed by atoms with Gasteiger partial charge in [-0.3, -0.25) is 4.79 Å². The van der Waals surface area contributed by atoms with Gasteiger partial charge in [0.15, 0.2) is 6.61 Å². The zero-order chi connectivity index (χ0) is 10.1. The van der Waals surface area contributed by atoms with Crippen LogP contribution in [0.15, 0.2) is 24.3 Å². The first kappa shape index (κ1) is 9.06. The van der Waals surface area contributed by atoms with E-state index in [4.69, 9.17) is 4.74 Å². The maximum absolute atomic E-state index is 11.6. The Morgan fingerprint density at radius 3 is 2.79 bits per heavy atom. The van der Waals surface area contributed by atoms with Crippen LogP contribution in [0.5, 0.6) is 5.75 Å². The highest BCUT2D eigenvalue weighted by atomic mass is 16.5. The van der Waals surface area contributed by atoms with E-state index in [9.17, 15) is 4.79 Å². The van der Waals surface area contributed by atoms with Crippen molar-refractivity contribution in [3.05, 3.63) is 24.3 Å². The van der Waals surface area contributed by atoms with Crippen LogP contribution in [0.2, 0.25) is 0 Å². The van der Waals surface area contributed by atoms with Gasteiger partial charge in [0.05, 0.1) is 5.69 Å². The van der Waals surface area contributed by atoms with Gasteiger partial charge in [0.2, 0.25) is 0 Å². The molecule has 0 unspecified atom stereocenters. The van der Waals surface area contributed by atoms with Gasteiger partial charge in [-0.1, -0.05) is 12.1 Å². The molecule has 74 valence electrons. The fourth-order valence-corrected chi connectivity index (χ4v) is 1.69. The summed E-state index contributed by atoms with van der Waals surface area (Å²) in [5.74, 6) is 0.819. The fourth-order valence-electron chi connectivity index (χ4n) is 1.69. The predicted octanol–water partition coefficient (Wildman–Crippen LogP) is 1.82. The molecule has 1 aliphatic rings. The smallest absolute Gasteiger partial charge is 0.265 e. The van der Waals surface area contributed by atoms with Gasteiger partial charge >= 0.3 is 0 Å². The second kappa shape index (κ2) is 3.33. The van der Waals surface area contributed by atoms with Crippen molar-refractivity contribution in [3.8, 4) is 5.75 Å². The quantitative estimate of drug-likeness (QED) is 0.677. The van der Waals surface area contributed by atoms with Crippen molar-refractivity contribution in [2.45, 2.75) is 19.9 Å². The number of ether oxygens (including phenoxy) is 1. The number of fused-ring (bicyclic) bond motifs is 1. The minimum Gasteiger partial charge on any atom is -0.482 e. The molecule has 3 nitrogen and oxygen atoms in total. The van der Waals surface area contributed by atoms with Crippen molar-refractivity contribution in [1.29, 1.82) is 0 Å². The molecule has 1 heterocycles. The molecule has 0 fully saturated rings. The average molecular weight is 191 g/mol. The van der Waals surface area contributed by atoms with E-state index in [-0.39, 0.29) is 18.6 Å². The molecule has 1 aliphatic heterocycles. The fraction of sp³-hybridized carbons (Fsp3) is 0.364. The Balaban J connectivity index is 2.46. The van der Waals surface area contributed by atoms with Gasteiger partial charge in [0.25, 0.3) is 5.91 Å². The van der Waals surface area contributed by atoms with Crippen molar-refractivity contribution in [2.75, 3.05) is 11.5 Å². The Morgan fingerprint density at radius 2 is 2.07 bits per heavy atom. The molecule has 0 radical (unpaired) electrons. The SMILES string of the molecule is CC(C)N1C(=O)COc2ccccc21. The molecule has 0 aliphatic carbocycles. The van der Waals surface area contributed by atoms with Crippen LogP contribution in [-0.2, 0) is 4.79 Å². The van der Waals surface area contributed by atoms with E-state index < -0.39 is 0 Å². The average Bonchev–Trinajstić information content (AvgIpc) is 2.17. The number of hydrogen-bond acceptors (Lipinski definition) is 2. The summed E-state index contributed by atoms with van der Waals surface area (Å²) < 4.78 is 5.32. The van der Waals surface area contributed by atoms with E-state index in [1.807, 2.05) is 38.1 Å². The molecule has 0 N–H and O–H groups in total. The van der Waals surface area contributed by atoms with E-state index in [0.29, 0.717) is 0 Å². The molecule has 0 saturated carbocycles. The summed E-state index contributed by atoms with van der Waals surface area (Å²) in [6.45, 7) is 4.15. The van der Waals surface area contributed by atoms with Crippen molar-refractivity contribution in [3.63, 3.8) is 0 Å². The van der Waals surface area contributed by atoms with E-state index in [2.05, 4.69) is 0 Å². The Hall–Kier alpha value is -1.51. The minimum atomic E-state index is 0.0266. The van der Waals surface area contributed by atoms with E-state index in [1.165, 1.54) is 0 Å². The first-order chi connectivity index (χ1) is 6.70. The topological polar surface area (TPSA) is 29.5 Å². The number of para-hydroxylation sites is 2. The molecular weight excluding hydrogens is 178 g/mol. The van der Waals surface area contributed by atoms with Crippen molar-refractivity contribution in [2.24, 2.45) is 0 Å². The van der Waals surface area contributed by atoms with Gasteiger partial charge in [-0.25, -0.2) is 0 Å². The Kier molecular flexibility index (Phi) is 2.15. The summed E-state index contributed by atoms with van der Waals surface area (Å²) in [5, 5.41) is 0. The maximum atomic E-state index is 11.6. The first-order valence-corrected chi connectivity index (χ1v) is 4.74. The summed E-state index contributed by atoms with van der Waals surface area (Å²) in [6.07, 6.45) is 0. The van der Waals surface area contributed by atoms with Gasteiger partial charge in [-0.15, -0.1) is 0 Å². The first-order valence-electron chi connectivity index (χ1n) is 4.74. The highest BCUT2D eigenvalue weighted by Gasteiger charge is 2.26. The van der Waals surface area contributed by atoms with Crippen LogP contribution in [0.1, 0.15) is 13.8 Å². The highest BCUT2D eigenvalue weighted by Crippen LogP contribution is 2.32. The lowest BCUT2D eigenvalue weighted by atomic mass is 10.2. The lowest BCUT2D eigenvalue weighted by Gasteiger charge is -2.32. The monoisotopic (exact) mass is 191 g/mol. The molecule has 1 aromatic rings. The summed E-state index contributed by atoms with van der Waals surface area (Å²) in [5.41, 5.74) is 0.874. The molecule has 1 amide bonds. The Morgan fingerprint density at radius 1 is 1.36 bits per heavy atom. The van der Waals surface area contributed by atoms with Crippen molar-refractivity contribution in [1.82, 2.24) is 0 Å². The summed E-state index contributed by atoms with van der Waals surface area (Å²) >= 11 is 0. The van der Waals surface area contributed by atoms with Gasteiger partial charge in [-0.05, 0) is 26.0 Å². The number of carbonyl (C=O) groups is 1. The van der Waals surface area contributed by atoms with Crippen LogP contribution in [0, 0.1) is 0 Å². The zero-order valence-corrected chi connectivity index (χ0v) is 8.36. The van der Waals surface area contributed by atoms with Crippen LogP contribution >= 0.6 is 0 Å². The molecule has 0 spiro atoms. The molecule has 14 heavy (non-hydrogen) atoms. The standard InChI is InChI=1S/C11H13NO2/c1-8(2)12-9-5-3-4-6-10(9)14-7-11(12)13/h3-6,8H,7H2,1-2H3. The van der Waals surface area contributed by atoms with Crippen molar-refractivity contribution >= 4 is 11.6 Å². The number of nitrogens with zero attached hydrogens (tertiary/aromatic N) is 1. The highest BCUT2D eigenvalue weighted by molar-refractivity contribution is 5.98. The number of anilines is 1. The second-order valence-corrected chi connectivity index (χ2v) is 3.61. The Labute approximate surface area is 83.3 Å². The minimum absolute atomic E-state index is 0.0266. The third kappa shape index (κ3) is 1.35. The van der Waals surface area contributed by atoms with Crippen LogP contribution in [0.25, 0.3) is 0 Å². The van der Waals surface area contributed by atoms with E-state index in [0.717, 1.165) is 11.4 Å². The number of carbonyl (C=O) groups excluding carboxylic acids is 1. The molecule has 0 bridgehead atoms. The second-order valence-electron chi connectivity index (χ2n) is 3.61. The number of amides is 1. The third-order valence-corrected chi connectivity index (χ3v) is 2.26. The lowest BCUT2D eigenvalue weighted by molar-refractivity contribution is -0.121. The number of rotatable bonds is 1. The summed E-state index contributed by atoms with van der Waals surface area (Å²) in [4.78, 5) is 13.4. The molecule has 0 atom stereocenters. The number of benzene rings is 1. The lowest BCUT2D eigenvalue weighted by Crippen LogP contribution is -2.43. The van der Waals surface area contributed by atoms with Gasteiger partial charge in [0, 0.05) is 6.04 Å². The van der Waals surface area contributed by atoms with Gasteiger partial charge in [-0.2, -0.15) is 0 Å². The van der Waals surface area contributed by atoms with E-state index in [1.54, 1.807) is 4.90 Å².